The summed E-state index contributed by atoms with van der Waals surface area (Å²) in [6.45, 7) is 3.79. The largest absolute Gasteiger partial charge is 0.545 e. The zero-order valence-corrected chi connectivity index (χ0v) is 14.2. The van der Waals surface area contributed by atoms with Crippen molar-refractivity contribution in [2.75, 3.05) is 19.6 Å². The average molecular weight is 364 g/mol. The highest BCUT2D eigenvalue weighted by Crippen LogP contribution is 2.22. The molecule has 0 saturated carbocycles. The number of nitrogens with zero attached hydrogens (tertiary/aromatic N) is 3. The minimum atomic E-state index is -1.71. The molecule has 0 saturated heterocycles. The summed E-state index contributed by atoms with van der Waals surface area (Å²) in [6.07, 6.45) is 6.81. The van der Waals surface area contributed by atoms with E-state index in [1.807, 2.05) is 0 Å². The summed E-state index contributed by atoms with van der Waals surface area (Å²) >= 11 is 0. The van der Waals surface area contributed by atoms with Crippen LogP contribution in [0.2, 0.25) is 0 Å². The van der Waals surface area contributed by atoms with Gasteiger partial charge in [0.05, 0.1) is 41.5 Å². The van der Waals surface area contributed by atoms with Gasteiger partial charge in [0.25, 0.3) is 11.4 Å². The highest BCUT2D eigenvalue weighted by atomic mass is 16.6. The molecule has 0 bridgehead atoms. The van der Waals surface area contributed by atoms with Crippen molar-refractivity contribution in [2.45, 2.75) is 32.1 Å². The van der Waals surface area contributed by atoms with Crippen LogP contribution in [0.15, 0.2) is 18.2 Å². The lowest BCUT2D eigenvalue weighted by Crippen LogP contribution is -2.40. The van der Waals surface area contributed by atoms with Crippen LogP contribution in [-0.2, 0) is 0 Å². The number of carbonyl (C=O) groups excluding carboxylic acids is 1. The van der Waals surface area contributed by atoms with Crippen molar-refractivity contribution in [1.29, 1.82) is 0 Å². The first-order valence-electron chi connectivity index (χ1n) is 8.38. The first-order chi connectivity index (χ1) is 12.4. The fourth-order valence-electron chi connectivity index (χ4n) is 2.94. The van der Waals surface area contributed by atoms with Gasteiger partial charge in [0.2, 0.25) is 5.84 Å². The molecule has 0 amide bonds. The van der Waals surface area contributed by atoms with E-state index < -0.39 is 32.8 Å². The Balaban J connectivity index is 0.000000195. The Morgan fingerprint density at radius 2 is 1.58 bits per heavy atom. The van der Waals surface area contributed by atoms with Crippen LogP contribution in [0.3, 0.4) is 0 Å². The summed E-state index contributed by atoms with van der Waals surface area (Å²) in [5, 5.41) is 34.5. The van der Waals surface area contributed by atoms with Crippen molar-refractivity contribution < 1.29 is 24.3 Å². The van der Waals surface area contributed by atoms with E-state index in [1.165, 1.54) is 57.6 Å². The minimum Gasteiger partial charge on any atom is -0.545 e. The fourth-order valence-corrected chi connectivity index (χ4v) is 2.94. The molecule has 1 aromatic carbocycles. The molecule has 26 heavy (non-hydrogen) atoms. The monoisotopic (exact) mass is 364 g/mol. The van der Waals surface area contributed by atoms with Crippen LogP contribution in [0.4, 0.5) is 11.4 Å². The van der Waals surface area contributed by atoms with Crippen LogP contribution in [0.1, 0.15) is 42.5 Å². The second-order valence-corrected chi connectivity index (χ2v) is 6.06. The van der Waals surface area contributed by atoms with Crippen molar-refractivity contribution in [1.82, 2.24) is 5.32 Å². The Bertz CT molecular complexity index is 649. The fraction of sp³-hybridized carbons (Fsp3) is 0.500. The van der Waals surface area contributed by atoms with Crippen LogP contribution < -0.4 is 10.4 Å². The van der Waals surface area contributed by atoms with Gasteiger partial charge in [0, 0.05) is 30.5 Å². The van der Waals surface area contributed by atoms with Crippen LogP contribution >= 0.6 is 0 Å². The molecule has 0 fully saturated rings. The summed E-state index contributed by atoms with van der Waals surface area (Å²) < 4.78 is 2.54. The van der Waals surface area contributed by atoms with E-state index in [-0.39, 0.29) is 0 Å². The first-order valence-corrected chi connectivity index (χ1v) is 8.38. The zero-order valence-electron chi connectivity index (χ0n) is 14.2. The first kappa shape index (κ1) is 19.3. The molecule has 2 aliphatic heterocycles. The van der Waals surface area contributed by atoms with E-state index >= 15 is 0 Å². The molecule has 2 heterocycles. The second-order valence-electron chi connectivity index (χ2n) is 6.06. The summed E-state index contributed by atoms with van der Waals surface area (Å²) in [5.41, 5.74) is -1.93. The molecule has 0 spiro atoms. The Hall–Kier alpha value is -3.04. The van der Waals surface area contributed by atoms with E-state index in [1.54, 1.807) is 0 Å². The molecule has 2 aliphatic rings. The van der Waals surface area contributed by atoms with Crippen LogP contribution in [0.5, 0.6) is 0 Å². The van der Waals surface area contributed by atoms with Crippen LogP contribution in [0, 0.1) is 20.2 Å². The lowest BCUT2D eigenvalue weighted by atomic mass is 10.2. The van der Waals surface area contributed by atoms with Crippen molar-refractivity contribution in [3.8, 4) is 0 Å². The Labute approximate surface area is 149 Å². The third-order valence-electron chi connectivity index (χ3n) is 4.22. The lowest BCUT2D eigenvalue weighted by molar-refractivity contribution is -0.534. The lowest BCUT2D eigenvalue weighted by Gasteiger charge is -2.14. The predicted molar refractivity (Wildman–Crippen MR) is 90.2 cm³/mol. The molecule has 10 nitrogen and oxygen atoms in total. The topological polar surface area (TPSA) is 141 Å². The summed E-state index contributed by atoms with van der Waals surface area (Å²) in [5.74, 6) is -0.185. The number of aromatic carboxylic acids is 1. The summed E-state index contributed by atoms with van der Waals surface area (Å²) in [4.78, 5) is 29.2. The molecule has 0 radical (unpaired) electrons. The SMILES string of the molecule is C1CCC2=[N+](CC1)CCCN2.O=C([O-])c1cc([N+](=O)[O-])cc([N+](=O)[O-])c1. The molecule has 0 aliphatic carbocycles. The molecule has 3 rings (SSSR count). The van der Waals surface area contributed by atoms with E-state index in [4.69, 9.17) is 0 Å². The van der Waals surface area contributed by atoms with Gasteiger partial charge in [-0.2, -0.15) is 0 Å². The molecule has 1 N–H and O–H groups in total. The van der Waals surface area contributed by atoms with E-state index in [2.05, 4.69) is 9.89 Å². The number of nitro groups is 2. The van der Waals surface area contributed by atoms with Crippen molar-refractivity contribution in [2.24, 2.45) is 0 Å². The number of hydrogen-bond acceptors (Lipinski definition) is 7. The molecular formula is C16H20N4O6. The Morgan fingerprint density at radius 1 is 0.962 bits per heavy atom. The Morgan fingerprint density at radius 3 is 2.15 bits per heavy atom. The van der Waals surface area contributed by atoms with Gasteiger partial charge < -0.3 is 9.90 Å². The Kier molecular flexibility index (Phi) is 6.59. The number of non-ortho nitro benzene ring substituents is 2. The second kappa shape index (κ2) is 8.88. The predicted octanol–water partition coefficient (Wildman–Crippen LogP) is 0.831. The number of rotatable bonds is 3. The smallest absolute Gasteiger partial charge is 0.276 e. The van der Waals surface area contributed by atoms with Crippen molar-refractivity contribution in [3.63, 3.8) is 0 Å². The van der Waals surface area contributed by atoms with Crippen molar-refractivity contribution in [3.05, 3.63) is 44.0 Å². The van der Waals surface area contributed by atoms with E-state index in [0.29, 0.717) is 18.2 Å². The number of carboxylic acid groups (broad SMARTS) is 1. The number of nitrogens with one attached hydrogen (secondary N) is 1. The molecule has 0 atom stereocenters. The van der Waals surface area contributed by atoms with Gasteiger partial charge in [-0.3, -0.25) is 30.1 Å². The summed E-state index contributed by atoms with van der Waals surface area (Å²) in [6, 6.07) is 2.07. The van der Waals surface area contributed by atoms with Crippen LogP contribution in [0.25, 0.3) is 0 Å². The van der Waals surface area contributed by atoms with Gasteiger partial charge >= 0.3 is 0 Å². The third kappa shape index (κ3) is 5.23. The van der Waals surface area contributed by atoms with Gasteiger partial charge in [-0.1, -0.05) is 0 Å². The highest BCUT2D eigenvalue weighted by Gasteiger charge is 2.19. The van der Waals surface area contributed by atoms with Gasteiger partial charge in [-0.05, 0) is 19.3 Å². The molecule has 1 aromatic rings. The number of carboxylic acids is 1. The number of carbonyl (C=O) groups is 1. The normalized spacial score (nSPS) is 16.3. The number of hydrogen-bond donors (Lipinski definition) is 1. The molecular weight excluding hydrogens is 344 g/mol. The van der Waals surface area contributed by atoms with Crippen molar-refractivity contribution >= 4 is 23.2 Å². The number of nitro benzene ring substituents is 2. The molecule has 10 heteroatoms. The summed E-state index contributed by atoms with van der Waals surface area (Å²) in [7, 11) is 0. The highest BCUT2D eigenvalue weighted by molar-refractivity contribution is 5.87. The standard InChI is InChI=1S/C9H16N2.C7H4N2O6/c1-2-5-9-10-6-4-8-11(9)7-3-1;10-7(11)4-1-5(8(12)13)3-6(2-4)9(14)15/h1-8H2;1-3H,(H,10,11). The maximum Gasteiger partial charge on any atom is 0.276 e. The maximum atomic E-state index is 10.4. The number of amidine groups is 1. The van der Waals surface area contributed by atoms with Gasteiger partial charge in [0.1, 0.15) is 0 Å². The molecule has 0 aromatic heterocycles. The van der Waals surface area contributed by atoms with Crippen LogP contribution in [-0.4, -0.2) is 45.9 Å². The van der Waals surface area contributed by atoms with E-state index in [0.717, 1.165) is 0 Å². The number of benzene rings is 1. The van der Waals surface area contributed by atoms with E-state index in [9.17, 15) is 30.1 Å². The third-order valence-corrected chi connectivity index (χ3v) is 4.22. The van der Waals surface area contributed by atoms with Gasteiger partial charge in [0.15, 0.2) is 0 Å². The average Bonchev–Trinajstić information content (AvgIpc) is 2.87. The quantitative estimate of drug-likeness (QED) is 0.475. The maximum absolute atomic E-state index is 10.4. The zero-order chi connectivity index (χ0) is 19.1. The van der Waals surface area contributed by atoms with Gasteiger partial charge in [-0.25, -0.2) is 0 Å². The van der Waals surface area contributed by atoms with Gasteiger partial charge in [-0.15, -0.1) is 0 Å². The minimum absolute atomic E-state index is 0.601. The molecule has 0 unspecified atom stereocenters. The molecule has 140 valence electrons.